The van der Waals surface area contributed by atoms with Crippen LogP contribution in [0.5, 0.6) is 0 Å². The molecule has 1 nitrogen and oxygen atoms in total. The Kier molecular flexibility index (Phi) is 1.85. The predicted molar refractivity (Wildman–Crippen MR) is 49.1 cm³/mol. The number of Topliss-reactive ketones (excluding diaryl/α,β-unsaturated/α-hetero) is 1. The van der Waals surface area contributed by atoms with E-state index in [0.29, 0.717) is 11.7 Å². The lowest BCUT2D eigenvalue weighted by Crippen LogP contribution is -1.97. The summed E-state index contributed by atoms with van der Waals surface area (Å²) in [5, 5.41) is 1.92. The van der Waals surface area contributed by atoms with Crippen molar-refractivity contribution in [2.75, 3.05) is 0 Å². The van der Waals surface area contributed by atoms with Gasteiger partial charge in [0.15, 0.2) is 5.78 Å². The summed E-state index contributed by atoms with van der Waals surface area (Å²) >= 11 is 4.91. The third-order valence-corrected chi connectivity index (χ3v) is 3.30. The third-order valence-electron chi connectivity index (χ3n) is 1.80. The number of hydrogen-bond acceptors (Lipinski definition) is 2. The Morgan fingerprint density at radius 3 is 2.82 bits per heavy atom. The lowest BCUT2D eigenvalue weighted by atomic mass is 10.1. The minimum atomic E-state index is 0.326. The molecule has 1 fully saturated rings. The maximum absolute atomic E-state index is 11.4. The summed E-state index contributed by atoms with van der Waals surface area (Å²) in [6.45, 7) is 0. The number of halogens is 1. The molecule has 0 N–H and O–H groups in total. The quantitative estimate of drug-likeness (QED) is 0.714. The van der Waals surface area contributed by atoms with E-state index in [1.165, 1.54) is 0 Å². The highest BCUT2D eigenvalue weighted by Crippen LogP contribution is 2.34. The van der Waals surface area contributed by atoms with Crippen molar-refractivity contribution >= 4 is 33.0 Å². The van der Waals surface area contributed by atoms with Crippen LogP contribution < -0.4 is 0 Å². The Labute approximate surface area is 77.6 Å². The second-order valence-electron chi connectivity index (χ2n) is 2.78. The molecule has 11 heavy (non-hydrogen) atoms. The van der Waals surface area contributed by atoms with Crippen LogP contribution in [0.1, 0.15) is 23.2 Å². The van der Waals surface area contributed by atoms with Crippen molar-refractivity contribution < 1.29 is 4.79 Å². The largest absolute Gasteiger partial charge is 0.294 e. The fraction of sp³-hybridized carbons (Fsp3) is 0.375. The van der Waals surface area contributed by atoms with Crippen molar-refractivity contribution in [1.82, 2.24) is 0 Å². The lowest BCUT2D eigenvalue weighted by Gasteiger charge is -1.89. The van der Waals surface area contributed by atoms with Crippen molar-refractivity contribution in [2.24, 2.45) is 5.92 Å². The molecule has 1 aromatic rings. The molecule has 0 aromatic carbocycles. The zero-order chi connectivity index (χ0) is 7.84. The summed E-state index contributed by atoms with van der Waals surface area (Å²) in [5.41, 5.74) is 0.879. The van der Waals surface area contributed by atoms with Crippen LogP contribution in [0.4, 0.5) is 0 Å². The van der Waals surface area contributed by atoms with Crippen molar-refractivity contribution in [1.29, 1.82) is 0 Å². The van der Waals surface area contributed by atoms with E-state index < -0.39 is 0 Å². The Morgan fingerprint density at radius 1 is 1.64 bits per heavy atom. The molecule has 58 valence electrons. The average Bonchev–Trinajstić information content (AvgIpc) is 2.74. The van der Waals surface area contributed by atoms with Gasteiger partial charge in [0.1, 0.15) is 0 Å². The van der Waals surface area contributed by atoms with Gasteiger partial charge < -0.3 is 0 Å². The third kappa shape index (κ3) is 1.54. The van der Waals surface area contributed by atoms with Crippen LogP contribution in [0, 0.1) is 5.92 Å². The maximum Gasteiger partial charge on any atom is 0.166 e. The molecule has 0 amide bonds. The molecule has 1 saturated carbocycles. The first-order valence-electron chi connectivity index (χ1n) is 3.55. The number of thiophene rings is 1. The number of carbonyl (C=O) groups is 1. The fourth-order valence-corrected chi connectivity index (χ4v) is 2.17. The van der Waals surface area contributed by atoms with Crippen molar-refractivity contribution in [3.63, 3.8) is 0 Å². The highest BCUT2D eigenvalue weighted by Gasteiger charge is 2.30. The summed E-state index contributed by atoms with van der Waals surface area (Å²) in [6, 6.07) is 1.91. The first-order chi connectivity index (χ1) is 5.27. The Hall–Kier alpha value is -0.150. The summed E-state index contributed by atoms with van der Waals surface area (Å²) in [5.74, 6) is 0.670. The molecule has 1 aliphatic rings. The summed E-state index contributed by atoms with van der Waals surface area (Å²) in [6.07, 6.45) is 2.18. The highest BCUT2D eigenvalue weighted by molar-refractivity contribution is 9.11. The van der Waals surface area contributed by atoms with Crippen molar-refractivity contribution in [3.05, 3.63) is 20.8 Å². The fourth-order valence-electron chi connectivity index (χ4n) is 1.02. The van der Waals surface area contributed by atoms with Gasteiger partial charge in [-0.1, -0.05) is 0 Å². The van der Waals surface area contributed by atoms with E-state index in [-0.39, 0.29) is 0 Å². The molecule has 0 aliphatic heterocycles. The predicted octanol–water partition coefficient (Wildman–Crippen LogP) is 3.10. The molecule has 1 aliphatic carbocycles. The molecule has 0 saturated heterocycles. The lowest BCUT2D eigenvalue weighted by molar-refractivity contribution is 0.0968. The van der Waals surface area contributed by atoms with E-state index in [4.69, 9.17) is 0 Å². The number of ketones is 1. The number of hydrogen-bond donors (Lipinski definition) is 0. The van der Waals surface area contributed by atoms with Gasteiger partial charge in [0.2, 0.25) is 0 Å². The first kappa shape index (κ1) is 7.50. The smallest absolute Gasteiger partial charge is 0.166 e. The molecule has 0 spiro atoms. The second-order valence-corrected chi connectivity index (χ2v) is 5.07. The van der Waals surface area contributed by atoms with Gasteiger partial charge in [0.05, 0.1) is 3.79 Å². The molecular formula is C8H7BrOS. The van der Waals surface area contributed by atoms with E-state index in [2.05, 4.69) is 15.9 Å². The van der Waals surface area contributed by atoms with Crippen LogP contribution in [0.3, 0.4) is 0 Å². The van der Waals surface area contributed by atoms with Crippen LogP contribution in [0.2, 0.25) is 0 Å². The maximum atomic E-state index is 11.4. The Bertz CT molecular complexity index is 288. The summed E-state index contributed by atoms with van der Waals surface area (Å²) in [4.78, 5) is 11.4. The van der Waals surface area contributed by atoms with E-state index >= 15 is 0 Å². The first-order valence-corrected chi connectivity index (χ1v) is 5.23. The summed E-state index contributed by atoms with van der Waals surface area (Å²) in [7, 11) is 0. The average molecular weight is 231 g/mol. The zero-order valence-electron chi connectivity index (χ0n) is 5.84. The van der Waals surface area contributed by atoms with Crippen LogP contribution in [0.15, 0.2) is 15.2 Å². The molecule has 0 atom stereocenters. The van der Waals surface area contributed by atoms with Crippen LogP contribution >= 0.6 is 27.3 Å². The van der Waals surface area contributed by atoms with Crippen LogP contribution in [-0.4, -0.2) is 5.78 Å². The van der Waals surface area contributed by atoms with Gasteiger partial charge in [-0.25, -0.2) is 0 Å². The van der Waals surface area contributed by atoms with Gasteiger partial charge in [-0.05, 0) is 34.8 Å². The molecule has 1 heterocycles. The number of rotatable bonds is 2. The molecule has 2 rings (SSSR count). The van der Waals surface area contributed by atoms with Gasteiger partial charge in [-0.3, -0.25) is 4.79 Å². The normalized spacial score (nSPS) is 16.8. The Morgan fingerprint density at radius 2 is 2.36 bits per heavy atom. The standard InChI is InChI=1S/C8H7BrOS/c9-7-3-6(4-11-7)8(10)5-1-2-5/h3-5H,1-2H2. The van der Waals surface area contributed by atoms with Crippen molar-refractivity contribution in [3.8, 4) is 0 Å². The SMILES string of the molecule is O=C(c1csc(Br)c1)C1CC1. The van der Waals surface area contributed by atoms with E-state index in [1.54, 1.807) is 11.3 Å². The minimum absolute atomic E-state index is 0.326. The molecule has 0 radical (unpaired) electrons. The Balaban J connectivity index is 2.21. The summed E-state index contributed by atoms with van der Waals surface area (Å²) < 4.78 is 1.04. The van der Waals surface area contributed by atoms with Gasteiger partial charge in [0, 0.05) is 16.9 Å². The minimum Gasteiger partial charge on any atom is -0.294 e. The van der Waals surface area contributed by atoms with Crippen LogP contribution in [0.25, 0.3) is 0 Å². The molecule has 0 bridgehead atoms. The topological polar surface area (TPSA) is 17.1 Å². The zero-order valence-corrected chi connectivity index (χ0v) is 8.24. The molecule has 3 heteroatoms. The molecule has 0 unspecified atom stereocenters. The monoisotopic (exact) mass is 230 g/mol. The van der Waals surface area contributed by atoms with Gasteiger partial charge >= 0.3 is 0 Å². The number of carbonyl (C=O) groups excluding carboxylic acids is 1. The van der Waals surface area contributed by atoms with E-state index in [0.717, 1.165) is 22.2 Å². The van der Waals surface area contributed by atoms with Gasteiger partial charge in [-0.15, -0.1) is 11.3 Å². The highest BCUT2D eigenvalue weighted by atomic mass is 79.9. The van der Waals surface area contributed by atoms with Crippen molar-refractivity contribution in [2.45, 2.75) is 12.8 Å². The van der Waals surface area contributed by atoms with Gasteiger partial charge in [-0.2, -0.15) is 0 Å². The van der Waals surface area contributed by atoms with E-state index in [1.807, 2.05) is 11.4 Å². The molecule has 1 aromatic heterocycles. The van der Waals surface area contributed by atoms with Gasteiger partial charge in [0.25, 0.3) is 0 Å². The molecular weight excluding hydrogens is 224 g/mol. The second kappa shape index (κ2) is 2.72. The van der Waals surface area contributed by atoms with Crippen LogP contribution in [-0.2, 0) is 0 Å². The van der Waals surface area contributed by atoms with E-state index in [9.17, 15) is 4.79 Å².